The summed E-state index contributed by atoms with van der Waals surface area (Å²) in [7, 11) is 0. The van der Waals surface area contributed by atoms with Crippen molar-refractivity contribution in [2.75, 3.05) is 6.61 Å². The lowest BCUT2D eigenvalue weighted by Gasteiger charge is -2.60. The van der Waals surface area contributed by atoms with Crippen molar-refractivity contribution in [3.63, 3.8) is 0 Å². The number of fused-ring (bicyclic) bond motifs is 5. The van der Waals surface area contributed by atoms with Crippen LogP contribution in [-0.4, -0.2) is 51.4 Å². The molecular formula is C22H29FO5. The fraction of sp³-hybridized carbons (Fsp3) is 0.727. The third kappa shape index (κ3) is 2.22. The summed E-state index contributed by atoms with van der Waals surface area (Å²) in [5, 5.41) is 32.1. The Balaban J connectivity index is 1.81. The van der Waals surface area contributed by atoms with E-state index in [1.165, 1.54) is 12.2 Å². The van der Waals surface area contributed by atoms with Crippen LogP contribution in [0.3, 0.4) is 0 Å². The molecule has 0 aromatic rings. The summed E-state index contributed by atoms with van der Waals surface area (Å²) >= 11 is 0. The summed E-state index contributed by atoms with van der Waals surface area (Å²) in [6.45, 7) is 4.71. The van der Waals surface area contributed by atoms with E-state index in [1.807, 2.05) is 6.92 Å². The van der Waals surface area contributed by atoms with E-state index < -0.39 is 41.1 Å². The van der Waals surface area contributed by atoms with E-state index in [1.54, 1.807) is 19.9 Å². The van der Waals surface area contributed by atoms with E-state index in [9.17, 15) is 24.9 Å². The average molecular weight is 392 g/mol. The second-order valence-corrected chi connectivity index (χ2v) is 9.79. The number of alkyl halides is 1. The first-order chi connectivity index (χ1) is 13.0. The number of aliphatic hydroxyl groups excluding tert-OH is 2. The van der Waals surface area contributed by atoms with Crippen molar-refractivity contribution < 1.29 is 29.3 Å². The molecular weight excluding hydrogens is 363 g/mol. The predicted octanol–water partition coefficient (Wildman–Crippen LogP) is 1.75. The number of hydrogen-bond acceptors (Lipinski definition) is 5. The van der Waals surface area contributed by atoms with Gasteiger partial charge in [-0.1, -0.05) is 26.8 Å². The van der Waals surface area contributed by atoms with Gasteiger partial charge in [-0.2, -0.15) is 0 Å². The molecule has 0 aliphatic heterocycles. The van der Waals surface area contributed by atoms with Crippen LogP contribution in [0.15, 0.2) is 23.8 Å². The number of rotatable bonds is 2. The first-order valence-corrected chi connectivity index (χ1v) is 10.1. The van der Waals surface area contributed by atoms with E-state index in [0.717, 1.165) is 0 Å². The first kappa shape index (κ1) is 19.9. The number of halogens is 1. The molecule has 0 spiro atoms. The molecule has 28 heavy (non-hydrogen) atoms. The van der Waals surface area contributed by atoms with Crippen LogP contribution in [0, 0.1) is 34.5 Å². The minimum atomic E-state index is -1.74. The monoisotopic (exact) mass is 392 g/mol. The molecule has 4 aliphatic rings. The number of aliphatic hydroxyl groups is 3. The molecule has 0 bridgehead atoms. The summed E-state index contributed by atoms with van der Waals surface area (Å²) in [6.07, 6.45) is 3.29. The van der Waals surface area contributed by atoms with Crippen LogP contribution >= 0.6 is 0 Å². The second kappa shape index (κ2) is 6.07. The molecule has 3 fully saturated rings. The van der Waals surface area contributed by atoms with Crippen molar-refractivity contribution in [1.29, 1.82) is 0 Å². The van der Waals surface area contributed by atoms with Gasteiger partial charge < -0.3 is 15.3 Å². The Morgan fingerprint density at radius 2 is 2.00 bits per heavy atom. The molecule has 0 heterocycles. The van der Waals surface area contributed by atoms with Gasteiger partial charge in [0.1, 0.15) is 18.4 Å². The highest BCUT2D eigenvalue weighted by molar-refractivity contribution is 6.01. The van der Waals surface area contributed by atoms with Gasteiger partial charge >= 0.3 is 0 Å². The fourth-order valence-electron chi connectivity index (χ4n) is 7.38. The predicted molar refractivity (Wildman–Crippen MR) is 99.9 cm³/mol. The Kier molecular flexibility index (Phi) is 4.32. The van der Waals surface area contributed by atoms with Crippen LogP contribution in [-0.2, 0) is 9.59 Å². The summed E-state index contributed by atoms with van der Waals surface area (Å²) < 4.78 is 15.2. The Hall–Kier alpha value is -1.37. The molecule has 3 N–H and O–H groups in total. The Labute approximate surface area is 164 Å². The van der Waals surface area contributed by atoms with Crippen molar-refractivity contribution in [2.24, 2.45) is 34.5 Å². The molecule has 0 saturated heterocycles. The fourth-order valence-corrected chi connectivity index (χ4v) is 7.38. The lowest BCUT2D eigenvalue weighted by atomic mass is 9.46. The van der Waals surface area contributed by atoms with E-state index in [0.29, 0.717) is 12.0 Å². The van der Waals surface area contributed by atoms with Gasteiger partial charge in [-0.05, 0) is 54.7 Å². The van der Waals surface area contributed by atoms with Gasteiger partial charge in [0.05, 0.1) is 6.10 Å². The molecule has 0 amide bonds. The molecule has 0 aromatic heterocycles. The highest BCUT2D eigenvalue weighted by atomic mass is 19.1. The van der Waals surface area contributed by atoms with Crippen molar-refractivity contribution in [3.8, 4) is 0 Å². The van der Waals surface area contributed by atoms with Crippen LogP contribution in [0.2, 0.25) is 0 Å². The van der Waals surface area contributed by atoms with Gasteiger partial charge in [-0.15, -0.1) is 0 Å². The van der Waals surface area contributed by atoms with Crippen LogP contribution in [0.25, 0.3) is 0 Å². The first-order valence-electron chi connectivity index (χ1n) is 10.1. The number of hydrogen-bond donors (Lipinski definition) is 3. The minimum absolute atomic E-state index is 0.154. The maximum absolute atomic E-state index is 15.2. The normalized spacial score (nSPS) is 52.5. The zero-order chi connectivity index (χ0) is 20.6. The quantitative estimate of drug-likeness (QED) is 0.666. The zero-order valence-electron chi connectivity index (χ0n) is 16.6. The number of Topliss-reactive ketones (excluding diaryl/α,β-unsaturated/α-hetero) is 1. The average Bonchev–Trinajstić information content (AvgIpc) is 2.83. The van der Waals surface area contributed by atoms with Gasteiger partial charge in [-0.3, -0.25) is 9.59 Å². The molecule has 6 heteroatoms. The molecule has 4 rings (SSSR count). The molecule has 4 aliphatic carbocycles. The molecule has 0 unspecified atom stereocenters. The van der Waals surface area contributed by atoms with Crippen LogP contribution in [0.1, 0.15) is 40.0 Å². The second-order valence-electron chi connectivity index (χ2n) is 9.79. The summed E-state index contributed by atoms with van der Waals surface area (Å²) in [6, 6.07) is 0. The summed E-state index contributed by atoms with van der Waals surface area (Å²) in [5.41, 5.74) is -3.00. The van der Waals surface area contributed by atoms with Gasteiger partial charge in [0.15, 0.2) is 11.6 Å². The van der Waals surface area contributed by atoms with Gasteiger partial charge in [0.25, 0.3) is 0 Å². The third-order valence-corrected chi connectivity index (χ3v) is 8.63. The van der Waals surface area contributed by atoms with Gasteiger partial charge in [-0.25, -0.2) is 4.39 Å². The molecule has 154 valence electrons. The van der Waals surface area contributed by atoms with Gasteiger partial charge in [0.2, 0.25) is 0 Å². The van der Waals surface area contributed by atoms with Crippen LogP contribution < -0.4 is 0 Å². The SMILES string of the molecule is C[C@@H]1C[C@H]2[C@@H]3C[C@@H](F)C4=CC(=O)C=C[C@]4(C)[C@H]3[C@H](O)C[C@]2(C)[C@]1(O)C(=O)CO. The molecule has 5 nitrogen and oxygen atoms in total. The van der Waals surface area contributed by atoms with Crippen molar-refractivity contribution in [3.05, 3.63) is 23.8 Å². The van der Waals surface area contributed by atoms with Crippen LogP contribution in [0.4, 0.5) is 4.39 Å². The van der Waals surface area contributed by atoms with E-state index in [-0.39, 0.29) is 42.3 Å². The number of allylic oxidation sites excluding steroid dienone is 4. The highest BCUT2D eigenvalue weighted by Gasteiger charge is 2.71. The maximum Gasteiger partial charge on any atom is 0.190 e. The van der Waals surface area contributed by atoms with Crippen molar-refractivity contribution in [2.45, 2.75) is 57.9 Å². The maximum atomic E-state index is 15.2. The topological polar surface area (TPSA) is 94.8 Å². The summed E-state index contributed by atoms with van der Waals surface area (Å²) in [4.78, 5) is 24.4. The Bertz CT molecular complexity index is 790. The highest BCUT2D eigenvalue weighted by Crippen LogP contribution is 2.68. The van der Waals surface area contributed by atoms with E-state index >= 15 is 4.39 Å². The molecule has 0 aromatic carbocycles. The van der Waals surface area contributed by atoms with Crippen LogP contribution in [0.5, 0.6) is 0 Å². The zero-order valence-corrected chi connectivity index (χ0v) is 16.6. The number of carbonyl (C=O) groups excluding carboxylic acids is 2. The van der Waals surface area contributed by atoms with E-state index in [4.69, 9.17) is 0 Å². The Morgan fingerprint density at radius 1 is 1.32 bits per heavy atom. The molecule has 0 radical (unpaired) electrons. The molecule has 9 atom stereocenters. The van der Waals surface area contributed by atoms with Gasteiger partial charge in [0, 0.05) is 16.7 Å². The Morgan fingerprint density at radius 3 is 2.64 bits per heavy atom. The standard InChI is InChI=1S/C22H29FO5/c1-11-6-14-13-8-16(23)15-7-12(25)4-5-20(15,2)19(13)17(26)9-21(14,3)22(11,28)18(27)10-24/h4-5,7,11,13-14,16-17,19,24,26,28H,6,8-10H2,1-3H3/t11-,13+,14+,16-,17-,19-,20+,21+,22-/m1/s1. The summed E-state index contributed by atoms with van der Waals surface area (Å²) in [5.74, 6) is -1.92. The van der Waals surface area contributed by atoms with Crippen molar-refractivity contribution >= 4 is 11.6 Å². The largest absolute Gasteiger partial charge is 0.393 e. The smallest absolute Gasteiger partial charge is 0.190 e. The van der Waals surface area contributed by atoms with Crippen molar-refractivity contribution in [1.82, 2.24) is 0 Å². The third-order valence-electron chi connectivity index (χ3n) is 8.63. The minimum Gasteiger partial charge on any atom is -0.393 e. The molecule has 3 saturated carbocycles. The number of carbonyl (C=O) groups is 2. The van der Waals surface area contributed by atoms with E-state index in [2.05, 4.69) is 0 Å². The number of ketones is 2. The lowest BCUT2D eigenvalue weighted by molar-refractivity contribution is -0.185. The lowest BCUT2D eigenvalue weighted by Crippen LogP contribution is -2.63.